The van der Waals surface area contributed by atoms with E-state index in [1.807, 2.05) is 12.1 Å². The molecule has 29 heavy (non-hydrogen) atoms. The molecule has 0 radical (unpaired) electrons. The quantitative estimate of drug-likeness (QED) is 0.692. The fourth-order valence-electron chi connectivity index (χ4n) is 3.40. The second-order valence-corrected chi connectivity index (χ2v) is 7.05. The lowest BCUT2D eigenvalue weighted by Gasteiger charge is -2.15. The third kappa shape index (κ3) is 4.42. The van der Waals surface area contributed by atoms with Crippen LogP contribution in [0.1, 0.15) is 47.7 Å². The van der Waals surface area contributed by atoms with Crippen molar-refractivity contribution in [1.82, 2.24) is 25.1 Å². The average Bonchev–Trinajstić information content (AvgIpc) is 3.37. The monoisotopic (exact) mass is 395 g/mol. The van der Waals surface area contributed by atoms with Crippen molar-refractivity contribution in [2.24, 2.45) is 0 Å². The number of rotatable bonds is 6. The van der Waals surface area contributed by atoms with Crippen molar-refractivity contribution in [2.45, 2.75) is 45.3 Å². The van der Waals surface area contributed by atoms with Gasteiger partial charge in [0, 0.05) is 18.3 Å². The Morgan fingerprint density at radius 1 is 1.24 bits per heavy atom. The summed E-state index contributed by atoms with van der Waals surface area (Å²) in [6.45, 7) is 2.00. The smallest absolute Gasteiger partial charge is 0.291 e. The van der Waals surface area contributed by atoms with Gasteiger partial charge in [0.15, 0.2) is 0 Å². The zero-order valence-electron chi connectivity index (χ0n) is 16.1. The Kier molecular flexibility index (Phi) is 5.50. The van der Waals surface area contributed by atoms with Crippen LogP contribution in [0, 0.1) is 12.7 Å². The molecule has 0 atom stereocenters. The molecule has 1 fully saturated rings. The standard InChI is InChI=1S/C21H22FN5O2/c1-14-25-19(26-27(14)17-10-8-16(22)9-11-17)20(28)24-13-15-5-4-12-23-21(15)29-18-6-2-3-7-18/h4-5,8-12,18H,2-3,6-7,13H2,1H3,(H,24,28). The number of halogens is 1. The number of carbonyl (C=O) groups is 1. The Hall–Kier alpha value is -3.29. The van der Waals surface area contributed by atoms with Crippen LogP contribution in [0.15, 0.2) is 42.6 Å². The lowest BCUT2D eigenvalue weighted by molar-refractivity contribution is 0.0940. The van der Waals surface area contributed by atoms with Gasteiger partial charge in [0.2, 0.25) is 11.7 Å². The highest BCUT2D eigenvalue weighted by Crippen LogP contribution is 2.25. The van der Waals surface area contributed by atoms with E-state index < -0.39 is 5.91 Å². The van der Waals surface area contributed by atoms with Crippen molar-refractivity contribution >= 4 is 5.91 Å². The van der Waals surface area contributed by atoms with Crippen molar-refractivity contribution in [3.05, 3.63) is 65.6 Å². The number of amides is 1. The minimum absolute atomic E-state index is 0.0500. The molecular weight excluding hydrogens is 373 g/mol. The fraction of sp³-hybridized carbons (Fsp3) is 0.333. The predicted molar refractivity (Wildman–Crippen MR) is 104 cm³/mol. The summed E-state index contributed by atoms with van der Waals surface area (Å²) in [7, 11) is 0. The summed E-state index contributed by atoms with van der Waals surface area (Å²) in [5.41, 5.74) is 1.44. The molecule has 0 spiro atoms. The molecule has 0 bridgehead atoms. The van der Waals surface area contributed by atoms with Gasteiger partial charge < -0.3 is 10.1 Å². The van der Waals surface area contributed by atoms with Crippen LogP contribution in [0.25, 0.3) is 5.69 Å². The molecule has 7 nitrogen and oxygen atoms in total. The van der Waals surface area contributed by atoms with Gasteiger partial charge in [-0.05, 0) is 62.9 Å². The van der Waals surface area contributed by atoms with Crippen molar-refractivity contribution in [1.29, 1.82) is 0 Å². The Morgan fingerprint density at radius 3 is 2.76 bits per heavy atom. The van der Waals surface area contributed by atoms with Gasteiger partial charge in [-0.15, -0.1) is 5.10 Å². The largest absolute Gasteiger partial charge is 0.474 e. The first-order valence-corrected chi connectivity index (χ1v) is 9.68. The highest BCUT2D eigenvalue weighted by molar-refractivity contribution is 5.90. The van der Waals surface area contributed by atoms with E-state index in [9.17, 15) is 9.18 Å². The minimum atomic E-state index is -0.398. The number of hydrogen-bond donors (Lipinski definition) is 1. The molecule has 0 aliphatic heterocycles. The van der Waals surface area contributed by atoms with Crippen LogP contribution in [0.2, 0.25) is 0 Å². The zero-order valence-corrected chi connectivity index (χ0v) is 16.1. The number of carbonyl (C=O) groups excluding carboxylic acids is 1. The molecule has 1 aliphatic rings. The second-order valence-electron chi connectivity index (χ2n) is 7.05. The van der Waals surface area contributed by atoms with Crippen LogP contribution in [-0.2, 0) is 6.54 Å². The van der Waals surface area contributed by atoms with E-state index in [0.29, 0.717) is 17.4 Å². The number of ether oxygens (including phenoxy) is 1. The van der Waals surface area contributed by atoms with Gasteiger partial charge in [0.1, 0.15) is 17.7 Å². The molecule has 150 valence electrons. The number of benzene rings is 1. The van der Waals surface area contributed by atoms with Gasteiger partial charge in [0.05, 0.1) is 5.69 Å². The molecule has 2 heterocycles. The van der Waals surface area contributed by atoms with E-state index in [-0.39, 0.29) is 24.3 Å². The van der Waals surface area contributed by atoms with E-state index >= 15 is 0 Å². The van der Waals surface area contributed by atoms with Crippen molar-refractivity contribution in [2.75, 3.05) is 0 Å². The minimum Gasteiger partial charge on any atom is -0.474 e. The molecule has 0 unspecified atom stereocenters. The van der Waals surface area contributed by atoms with Gasteiger partial charge in [0.25, 0.3) is 5.91 Å². The molecule has 1 N–H and O–H groups in total. The molecule has 2 aromatic heterocycles. The van der Waals surface area contributed by atoms with E-state index in [1.54, 1.807) is 25.3 Å². The van der Waals surface area contributed by atoms with Crippen molar-refractivity contribution < 1.29 is 13.9 Å². The number of aromatic nitrogens is 4. The number of nitrogens with one attached hydrogen (secondary N) is 1. The number of nitrogens with zero attached hydrogens (tertiary/aromatic N) is 4. The van der Waals surface area contributed by atoms with Crippen LogP contribution in [0.5, 0.6) is 5.88 Å². The summed E-state index contributed by atoms with van der Waals surface area (Å²) < 4.78 is 20.6. The molecule has 1 aliphatic carbocycles. The maximum absolute atomic E-state index is 13.1. The molecule has 0 saturated heterocycles. The lowest BCUT2D eigenvalue weighted by atomic mass is 10.2. The summed E-state index contributed by atoms with van der Waals surface area (Å²) in [5.74, 6) is 0.407. The Labute approximate surface area is 167 Å². The highest BCUT2D eigenvalue weighted by atomic mass is 19.1. The highest BCUT2D eigenvalue weighted by Gasteiger charge is 2.20. The first-order chi connectivity index (χ1) is 14.1. The van der Waals surface area contributed by atoms with Gasteiger partial charge in [-0.2, -0.15) is 0 Å². The molecule has 1 aromatic carbocycles. The maximum atomic E-state index is 13.1. The first-order valence-electron chi connectivity index (χ1n) is 9.68. The fourth-order valence-corrected chi connectivity index (χ4v) is 3.40. The first kappa shape index (κ1) is 19.0. The molecule has 3 aromatic rings. The lowest BCUT2D eigenvalue weighted by Crippen LogP contribution is -2.25. The summed E-state index contributed by atoms with van der Waals surface area (Å²) in [6.07, 6.45) is 6.29. The number of hydrogen-bond acceptors (Lipinski definition) is 5. The Balaban J connectivity index is 1.44. The van der Waals surface area contributed by atoms with Gasteiger partial charge in [-0.1, -0.05) is 6.07 Å². The predicted octanol–water partition coefficient (Wildman–Crippen LogP) is 3.36. The molecule has 1 amide bonds. The van der Waals surface area contributed by atoms with E-state index in [2.05, 4.69) is 20.4 Å². The normalized spacial score (nSPS) is 14.1. The molecule has 4 rings (SSSR count). The summed E-state index contributed by atoms with van der Waals surface area (Å²) in [5, 5.41) is 7.08. The van der Waals surface area contributed by atoms with Gasteiger partial charge >= 0.3 is 0 Å². The summed E-state index contributed by atoms with van der Waals surface area (Å²) in [4.78, 5) is 21.1. The Bertz CT molecular complexity index is 997. The van der Waals surface area contributed by atoms with Crippen LogP contribution >= 0.6 is 0 Å². The van der Waals surface area contributed by atoms with Crippen LogP contribution < -0.4 is 10.1 Å². The van der Waals surface area contributed by atoms with E-state index in [1.165, 1.54) is 29.7 Å². The summed E-state index contributed by atoms with van der Waals surface area (Å²) in [6, 6.07) is 9.54. The van der Waals surface area contributed by atoms with Crippen LogP contribution in [0.4, 0.5) is 4.39 Å². The third-order valence-electron chi connectivity index (χ3n) is 4.91. The molecule has 1 saturated carbocycles. The van der Waals surface area contributed by atoms with Crippen molar-refractivity contribution in [3.8, 4) is 11.6 Å². The van der Waals surface area contributed by atoms with Crippen LogP contribution in [-0.4, -0.2) is 31.8 Å². The summed E-state index contributed by atoms with van der Waals surface area (Å²) >= 11 is 0. The van der Waals surface area contributed by atoms with Gasteiger partial charge in [-0.3, -0.25) is 4.79 Å². The topological polar surface area (TPSA) is 81.9 Å². The number of pyridine rings is 1. The molecular formula is C21H22FN5O2. The second kappa shape index (κ2) is 8.38. The maximum Gasteiger partial charge on any atom is 0.291 e. The SMILES string of the molecule is Cc1nc(C(=O)NCc2cccnc2OC2CCCC2)nn1-c1ccc(F)cc1. The third-order valence-corrected chi connectivity index (χ3v) is 4.91. The van der Waals surface area contributed by atoms with E-state index in [4.69, 9.17) is 4.74 Å². The van der Waals surface area contributed by atoms with Gasteiger partial charge in [-0.25, -0.2) is 19.0 Å². The average molecular weight is 395 g/mol. The Morgan fingerprint density at radius 2 is 2.00 bits per heavy atom. The van der Waals surface area contributed by atoms with Crippen LogP contribution in [0.3, 0.4) is 0 Å². The van der Waals surface area contributed by atoms with Crippen molar-refractivity contribution in [3.63, 3.8) is 0 Å². The number of aryl methyl sites for hydroxylation is 1. The van der Waals surface area contributed by atoms with E-state index in [0.717, 1.165) is 18.4 Å². The zero-order chi connectivity index (χ0) is 20.2. The molecule has 8 heteroatoms.